The first kappa shape index (κ1) is 10.8. The van der Waals surface area contributed by atoms with E-state index in [1.165, 1.54) is 12.1 Å². The van der Waals surface area contributed by atoms with Gasteiger partial charge in [0.25, 0.3) is 0 Å². The Kier molecular flexibility index (Phi) is 2.30. The lowest BCUT2D eigenvalue weighted by Crippen LogP contribution is -2.04. The van der Waals surface area contributed by atoms with Gasteiger partial charge in [-0.15, -0.1) is 0 Å². The van der Waals surface area contributed by atoms with Crippen LogP contribution in [0.5, 0.6) is 5.75 Å². The molecular formula is C12H9F3O. The molecule has 0 spiro atoms. The van der Waals surface area contributed by atoms with Crippen molar-refractivity contribution in [2.75, 3.05) is 0 Å². The minimum absolute atomic E-state index is 0.124. The van der Waals surface area contributed by atoms with Crippen molar-refractivity contribution in [2.24, 2.45) is 0 Å². The molecular weight excluding hydrogens is 217 g/mol. The summed E-state index contributed by atoms with van der Waals surface area (Å²) in [4.78, 5) is 0. The second-order valence-electron chi connectivity index (χ2n) is 3.72. The van der Waals surface area contributed by atoms with E-state index in [1.54, 1.807) is 13.0 Å². The molecule has 0 aliphatic heterocycles. The number of halogens is 3. The third kappa shape index (κ3) is 1.83. The fourth-order valence-corrected chi connectivity index (χ4v) is 1.66. The minimum atomic E-state index is -4.38. The number of alkyl halides is 3. The molecule has 0 radical (unpaired) electrons. The van der Waals surface area contributed by atoms with Gasteiger partial charge in [-0.1, -0.05) is 12.1 Å². The second kappa shape index (κ2) is 3.40. The van der Waals surface area contributed by atoms with Crippen molar-refractivity contribution in [3.8, 4) is 5.75 Å². The van der Waals surface area contributed by atoms with Crippen molar-refractivity contribution in [1.82, 2.24) is 0 Å². The number of phenolic OH excluding ortho intramolecular Hbond substituents is 1. The van der Waals surface area contributed by atoms with Crippen LogP contribution in [0.25, 0.3) is 10.8 Å². The van der Waals surface area contributed by atoms with E-state index in [2.05, 4.69) is 0 Å². The van der Waals surface area contributed by atoms with Crippen LogP contribution >= 0.6 is 0 Å². The van der Waals surface area contributed by atoms with E-state index in [9.17, 15) is 18.3 Å². The number of rotatable bonds is 0. The van der Waals surface area contributed by atoms with E-state index in [0.29, 0.717) is 5.39 Å². The molecule has 0 fully saturated rings. The summed E-state index contributed by atoms with van der Waals surface area (Å²) >= 11 is 0. The van der Waals surface area contributed by atoms with Gasteiger partial charge < -0.3 is 5.11 Å². The zero-order valence-corrected chi connectivity index (χ0v) is 8.47. The van der Waals surface area contributed by atoms with E-state index in [1.807, 2.05) is 0 Å². The second-order valence-corrected chi connectivity index (χ2v) is 3.72. The Morgan fingerprint density at radius 2 is 1.75 bits per heavy atom. The smallest absolute Gasteiger partial charge is 0.416 e. The molecule has 0 amide bonds. The van der Waals surface area contributed by atoms with Gasteiger partial charge in [-0.3, -0.25) is 0 Å². The molecule has 2 aromatic rings. The first-order valence-corrected chi connectivity index (χ1v) is 4.68. The number of benzene rings is 2. The Labute approximate surface area is 90.1 Å². The molecule has 0 saturated carbocycles. The molecule has 0 bridgehead atoms. The molecule has 1 N–H and O–H groups in total. The minimum Gasteiger partial charge on any atom is -0.507 e. The zero-order valence-electron chi connectivity index (χ0n) is 8.47. The first-order chi connectivity index (χ1) is 7.38. The molecule has 0 unspecified atom stereocenters. The number of hydrogen-bond acceptors (Lipinski definition) is 1. The van der Waals surface area contributed by atoms with Crippen molar-refractivity contribution in [1.29, 1.82) is 0 Å². The summed E-state index contributed by atoms with van der Waals surface area (Å²) in [7, 11) is 0. The van der Waals surface area contributed by atoms with Gasteiger partial charge in [-0.25, -0.2) is 0 Å². The summed E-state index contributed by atoms with van der Waals surface area (Å²) in [5.41, 5.74) is 0.0592. The number of aromatic hydroxyl groups is 1. The van der Waals surface area contributed by atoms with E-state index >= 15 is 0 Å². The first-order valence-electron chi connectivity index (χ1n) is 4.68. The summed E-state index contributed by atoms with van der Waals surface area (Å²) in [6.45, 7) is 1.77. The Hall–Kier alpha value is -1.71. The van der Waals surface area contributed by atoms with E-state index in [4.69, 9.17) is 0 Å². The van der Waals surface area contributed by atoms with E-state index < -0.39 is 11.7 Å². The van der Waals surface area contributed by atoms with Gasteiger partial charge in [0.1, 0.15) is 5.75 Å². The molecule has 16 heavy (non-hydrogen) atoms. The van der Waals surface area contributed by atoms with Crippen LogP contribution in [0, 0.1) is 6.92 Å². The predicted molar refractivity (Wildman–Crippen MR) is 55.4 cm³/mol. The maximum Gasteiger partial charge on any atom is 0.416 e. The Balaban J connectivity index is 2.72. The SMILES string of the molecule is Cc1cc(O)c2cc(C(F)(F)F)ccc2c1. The van der Waals surface area contributed by atoms with Crippen molar-refractivity contribution in [3.05, 3.63) is 41.5 Å². The molecule has 0 heterocycles. The molecule has 0 aromatic heterocycles. The van der Waals surface area contributed by atoms with Gasteiger partial charge in [0.05, 0.1) is 5.56 Å². The molecule has 1 nitrogen and oxygen atoms in total. The predicted octanol–water partition coefficient (Wildman–Crippen LogP) is 3.87. The number of hydrogen-bond donors (Lipinski definition) is 1. The summed E-state index contributed by atoms with van der Waals surface area (Å²) in [6, 6.07) is 6.52. The summed E-state index contributed by atoms with van der Waals surface area (Å²) < 4.78 is 37.3. The largest absolute Gasteiger partial charge is 0.507 e. The fourth-order valence-electron chi connectivity index (χ4n) is 1.66. The molecule has 0 atom stereocenters. The zero-order chi connectivity index (χ0) is 11.9. The van der Waals surface area contributed by atoms with Gasteiger partial charge >= 0.3 is 6.18 Å². The molecule has 2 rings (SSSR count). The van der Waals surface area contributed by atoms with Crippen LogP contribution in [0.4, 0.5) is 13.2 Å². The van der Waals surface area contributed by atoms with Gasteiger partial charge in [-0.2, -0.15) is 13.2 Å². The molecule has 2 aromatic carbocycles. The summed E-state index contributed by atoms with van der Waals surface area (Å²) in [5.74, 6) is -0.124. The standard InChI is InChI=1S/C12H9F3O/c1-7-4-8-2-3-9(12(13,14)15)6-10(8)11(16)5-7/h2-6,16H,1H3. The van der Waals surface area contributed by atoms with E-state index in [0.717, 1.165) is 17.7 Å². The molecule has 0 aliphatic carbocycles. The molecule has 0 saturated heterocycles. The highest BCUT2D eigenvalue weighted by Gasteiger charge is 2.30. The molecule has 0 aliphatic rings. The van der Waals surface area contributed by atoms with Gasteiger partial charge in [0.15, 0.2) is 0 Å². The number of fused-ring (bicyclic) bond motifs is 1. The monoisotopic (exact) mass is 226 g/mol. The third-order valence-electron chi connectivity index (χ3n) is 2.40. The van der Waals surface area contributed by atoms with Crippen molar-refractivity contribution in [3.63, 3.8) is 0 Å². The van der Waals surface area contributed by atoms with Crippen LogP contribution in [0.3, 0.4) is 0 Å². The number of phenols is 1. The van der Waals surface area contributed by atoms with Crippen LogP contribution in [0.2, 0.25) is 0 Å². The van der Waals surface area contributed by atoms with Crippen molar-refractivity contribution in [2.45, 2.75) is 13.1 Å². The average molecular weight is 226 g/mol. The van der Waals surface area contributed by atoms with Crippen molar-refractivity contribution >= 4 is 10.8 Å². The maximum atomic E-state index is 12.4. The van der Waals surface area contributed by atoms with Crippen molar-refractivity contribution < 1.29 is 18.3 Å². The van der Waals surface area contributed by atoms with E-state index in [-0.39, 0.29) is 11.1 Å². The van der Waals surface area contributed by atoms with Gasteiger partial charge in [0, 0.05) is 5.39 Å². The lowest BCUT2D eigenvalue weighted by Gasteiger charge is -2.09. The van der Waals surface area contributed by atoms with Crippen LogP contribution in [0.15, 0.2) is 30.3 Å². The van der Waals surface area contributed by atoms with Crippen LogP contribution in [0.1, 0.15) is 11.1 Å². The average Bonchev–Trinajstić information content (AvgIpc) is 2.15. The Morgan fingerprint density at radius 3 is 2.38 bits per heavy atom. The van der Waals surface area contributed by atoms with Crippen LogP contribution < -0.4 is 0 Å². The molecule has 84 valence electrons. The lowest BCUT2D eigenvalue weighted by atomic mass is 10.0. The topological polar surface area (TPSA) is 20.2 Å². The van der Waals surface area contributed by atoms with Gasteiger partial charge in [0.2, 0.25) is 0 Å². The summed E-state index contributed by atoms with van der Waals surface area (Å²) in [6.07, 6.45) is -4.38. The number of aryl methyl sites for hydroxylation is 1. The van der Waals surface area contributed by atoms with Crippen LogP contribution in [-0.4, -0.2) is 5.11 Å². The van der Waals surface area contributed by atoms with Crippen LogP contribution in [-0.2, 0) is 6.18 Å². The third-order valence-corrected chi connectivity index (χ3v) is 2.40. The fraction of sp³-hybridized carbons (Fsp3) is 0.167. The highest BCUT2D eigenvalue weighted by atomic mass is 19.4. The Bertz CT molecular complexity index is 544. The maximum absolute atomic E-state index is 12.4. The highest BCUT2D eigenvalue weighted by Crippen LogP contribution is 2.34. The van der Waals surface area contributed by atoms with Gasteiger partial charge in [-0.05, 0) is 36.1 Å². The lowest BCUT2D eigenvalue weighted by molar-refractivity contribution is -0.137. The Morgan fingerprint density at radius 1 is 1.06 bits per heavy atom. The molecule has 4 heteroatoms. The normalized spacial score (nSPS) is 12.0. The highest BCUT2D eigenvalue weighted by molar-refractivity contribution is 5.89. The summed E-state index contributed by atoms with van der Waals surface area (Å²) in [5, 5.41) is 10.4. The quantitative estimate of drug-likeness (QED) is 0.722.